The van der Waals surface area contributed by atoms with Crippen LogP contribution in [0.25, 0.3) is 0 Å². The Balaban J connectivity index is 2.13. The second-order valence-electron chi connectivity index (χ2n) is 4.54. The van der Waals surface area contributed by atoms with Crippen molar-refractivity contribution in [3.05, 3.63) is 5.28 Å². The second-order valence-corrected chi connectivity index (χ2v) is 4.88. The standard InChI is InChI=1S/C12H20ClN5O/c1-4-17-6-7-18(8-9(17)3)11-14-10(13)15-12(16-11)19-5-2/h9H,4-8H2,1-3H3. The lowest BCUT2D eigenvalue weighted by Crippen LogP contribution is -2.52. The highest BCUT2D eigenvalue weighted by molar-refractivity contribution is 6.28. The quantitative estimate of drug-likeness (QED) is 0.835. The summed E-state index contributed by atoms with van der Waals surface area (Å²) in [7, 11) is 0. The Bertz CT molecular complexity index is 431. The molecule has 0 spiro atoms. The molecule has 1 aliphatic heterocycles. The van der Waals surface area contributed by atoms with Crippen molar-refractivity contribution < 1.29 is 4.74 Å². The number of aromatic nitrogens is 3. The van der Waals surface area contributed by atoms with Gasteiger partial charge in [-0.2, -0.15) is 15.0 Å². The van der Waals surface area contributed by atoms with Crippen LogP contribution in [0, 0.1) is 0 Å². The summed E-state index contributed by atoms with van der Waals surface area (Å²) in [6.45, 7) is 10.6. The van der Waals surface area contributed by atoms with Gasteiger partial charge in [0.15, 0.2) is 0 Å². The minimum absolute atomic E-state index is 0.180. The first kappa shape index (κ1) is 14.3. The Morgan fingerprint density at radius 1 is 1.26 bits per heavy atom. The molecule has 2 rings (SSSR count). The fourth-order valence-corrected chi connectivity index (χ4v) is 2.45. The molecule has 1 aromatic rings. The lowest BCUT2D eigenvalue weighted by molar-refractivity contribution is 0.198. The van der Waals surface area contributed by atoms with Crippen molar-refractivity contribution in [3.63, 3.8) is 0 Å². The van der Waals surface area contributed by atoms with Crippen LogP contribution in [-0.2, 0) is 0 Å². The maximum absolute atomic E-state index is 5.92. The Hall–Kier alpha value is -1.14. The third-order valence-electron chi connectivity index (χ3n) is 3.30. The molecule has 1 fully saturated rings. The molecule has 0 aliphatic carbocycles. The fraction of sp³-hybridized carbons (Fsp3) is 0.750. The van der Waals surface area contributed by atoms with Gasteiger partial charge < -0.3 is 9.64 Å². The van der Waals surface area contributed by atoms with Crippen molar-refractivity contribution in [3.8, 4) is 6.01 Å². The fourth-order valence-electron chi connectivity index (χ4n) is 2.30. The maximum Gasteiger partial charge on any atom is 0.322 e. The molecule has 0 bridgehead atoms. The lowest BCUT2D eigenvalue weighted by Gasteiger charge is -2.39. The van der Waals surface area contributed by atoms with Crippen LogP contribution in [0.4, 0.5) is 5.95 Å². The molecule has 1 unspecified atom stereocenters. The predicted octanol–water partition coefficient (Wildman–Crippen LogP) is 1.45. The van der Waals surface area contributed by atoms with E-state index in [9.17, 15) is 0 Å². The van der Waals surface area contributed by atoms with E-state index in [1.807, 2.05) is 6.92 Å². The van der Waals surface area contributed by atoms with Crippen LogP contribution in [0.1, 0.15) is 20.8 Å². The van der Waals surface area contributed by atoms with E-state index in [4.69, 9.17) is 16.3 Å². The average molecular weight is 286 g/mol. The molecule has 0 N–H and O–H groups in total. The minimum atomic E-state index is 0.180. The van der Waals surface area contributed by atoms with E-state index in [0.29, 0.717) is 24.6 Å². The van der Waals surface area contributed by atoms with E-state index in [1.54, 1.807) is 0 Å². The highest BCUT2D eigenvalue weighted by atomic mass is 35.5. The number of likely N-dealkylation sites (N-methyl/N-ethyl adjacent to an activating group) is 1. The average Bonchev–Trinajstić information content (AvgIpc) is 2.38. The van der Waals surface area contributed by atoms with Crippen LogP contribution in [0.2, 0.25) is 5.28 Å². The van der Waals surface area contributed by atoms with Gasteiger partial charge in [-0.1, -0.05) is 6.92 Å². The summed E-state index contributed by atoms with van der Waals surface area (Å²) in [5.74, 6) is 0.603. The van der Waals surface area contributed by atoms with Gasteiger partial charge in [-0.05, 0) is 32.0 Å². The number of nitrogens with zero attached hydrogens (tertiary/aromatic N) is 5. The summed E-state index contributed by atoms with van der Waals surface area (Å²) in [6.07, 6.45) is 0. The number of hydrogen-bond acceptors (Lipinski definition) is 6. The second kappa shape index (κ2) is 6.34. The summed E-state index contributed by atoms with van der Waals surface area (Å²) < 4.78 is 5.30. The molecule has 19 heavy (non-hydrogen) atoms. The van der Waals surface area contributed by atoms with E-state index < -0.39 is 0 Å². The zero-order valence-corrected chi connectivity index (χ0v) is 12.4. The van der Waals surface area contributed by atoms with Crippen molar-refractivity contribution in [2.45, 2.75) is 26.8 Å². The molecule has 2 heterocycles. The SMILES string of the molecule is CCOc1nc(Cl)nc(N2CCN(CC)C(C)C2)n1. The number of piperazine rings is 1. The first-order chi connectivity index (χ1) is 9.13. The smallest absolute Gasteiger partial charge is 0.322 e. The van der Waals surface area contributed by atoms with Gasteiger partial charge in [0, 0.05) is 25.7 Å². The summed E-state index contributed by atoms with van der Waals surface area (Å²) in [4.78, 5) is 17.0. The Labute approximate surface area is 118 Å². The maximum atomic E-state index is 5.92. The molecule has 6 nitrogen and oxygen atoms in total. The molecular formula is C12H20ClN5O. The highest BCUT2D eigenvalue weighted by Crippen LogP contribution is 2.18. The summed E-state index contributed by atoms with van der Waals surface area (Å²) >= 11 is 5.92. The van der Waals surface area contributed by atoms with Crippen molar-refractivity contribution in [1.29, 1.82) is 0 Å². The van der Waals surface area contributed by atoms with Gasteiger partial charge in [-0.25, -0.2) is 0 Å². The number of halogens is 1. The van der Waals surface area contributed by atoms with Crippen molar-refractivity contribution in [2.75, 3.05) is 37.7 Å². The van der Waals surface area contributed by atoms with Gasteiger partial charge in [0.1, 0.15) is 0 Å². The predicted molar refractivity (Wildman–Crippen MR) is 74.9 cm³/mol. The summed E-state index contributed by atoms with van der Waals surface area (Å²) in [6, 6.07) is 0.771. The molecule has 0 amide bonds. The number of rotatable bonds is 4. The number of hydrogen-bond donors (Lipinski definition) is 0. The first-order valence-corrected chi connectivity index (χ1v) is 7.05. The van der Waals surface area contributed by atoms with E-state index in [2.05, 4.69) is 38.6 Å². The molecule has 0 radical (unpaired) electrons. The normalized spacial score (nSPS) is 20.6. The minimum Gasteiger partial charge on any atom is -0.464 e. The third kappa shape index (κ3) is 3.45. The Morgan fingerprint density at radius 3 is 2.68 bits per heavy atom. The molecule has 106 valence electrons. The van der Waals surface area contributed by atoms with E-state index in [-0.39, 0.29) is 5.28 Å². The molecule has 1 aliphatic rings. The zero-order chi connectivity index (χ0) is 13.8. The highest BCUT2D eigenvalue weighted by Gasteiger charge is 2.24. The number of ether oxygens (including phenoxy) is 1. The Morgan fingerprint density at radius 2 is 2.05 bits per heavy atom. The van der Waals surface area contributed by atoms with E-state index in [0.717, 1.165) is 26.2 Å². The van der Waals surface area contributed by atoms with Gasteiger partial charge in [0.05, 0.1) is 6.61 Å². The molecule has 1 aromatic heterocycles. The van der Waals surface area contributed by atoms with Gasteiger partial charge in [-0.15, -0.1) is 0 Å². The molecule has 0 aromatic carbocycles. The number of anilines is 1. The lowest BCUT2D eigenvalue weighted by atomic mass is 10.2. The van der Waals surface area contributed by atoms with Gasteiger partial charge in [0.25, 0.3) is 0 Å². The zero-order valence-electron chi connectivity index (χ0n) is 11.6. The van der Waals surface area contributed by atoms with Gasteiger partial charge in [0.2, 0.25) is 11.2 Å². The van der Waals surface area contributed by atoms with Crippen LogP contribution >= 0.6 is 11.6 Å². The van der Waals surface area contributed by atoms with Crippen LogP contribution in [0.3, 0.4) is 0 Å². The summed E-state index contributed by atoms with van der Waals surface area (Å²) in [5.41, 5.74) is 0. The molecule has 7 heteroatoms. The van der Waals surface area contributed by atoms with Crippen LogP contribution in [0.15, 0.2) is 0 Å². The van der Waals surface area contributed by atoms with Crippen molar-refractivity contribution >= 4 is 17.5 Å². The molecule has 1 atom stereocenters. The van der Waals surface area contributed by atoms with E-state index >= 15 is 0 Å². The monoisotopic (exact) mass is 285 g/mol. The third-order valence-corrected chi connectivity index (χ3v) is 3.47. The van der Waals surface area contributed by atoms with Crippen LogP contribution < -0.4 is 9.64 Å². The van der Waals surface area contributed by atoms with E-state index in [1.165, 1.54) is 0 Å². The molecular weight excluding hydrogens is 266 g/mol. The van der Waals surface area contributed by atoms with Gasteiger partial charge in [-0.3, -0.25) is 4.90 Å². The van der Waals surface area contributed by atoms with Gasteiger partial charge >= 0.3 is 6.01 Å². The van der Waals surface area contributed by atoms with Crippen LogP contribution in [-0.4, -0.2) is 58.7 Å². The molecule has 1 saturated heterocycles. The van der Waals surface area contributed by atoms with Crippen LogP contribution in [0.5, 0.6) is 6.01 Å². The Kier molecular flexibility index (Phi) is 4.76. The largest absolute Gasteiger partial charge is 0.464 e. The first-order valence-electron chi connectivity index (χ1n) is 6.67. The van der Waals surface area contributed by atoms with Crippen molar-refractivity contribution in [1.82, 2.24) is 19.9 Å². The molecule has 0 saturated carbocycles. The van der Waals surface area contributed by atoms with Crippen molar-refractivity contribution in [2.24, 2.45) is 0 Å². The summed E-state index contributed by atoms with van der Waals surface area (Å²) in [5, 5.41) is 0.180. The topological polar surface area (TPSA) is 54.4 Å².